The lowest BCUT2D eigenvalue weighted by Gasteiger charge is -2.42. The van der Waals surface area contributed by atoms with Crippen molar-refractivity contribution in [3.63, 3.8) is 0 Å². The van der Waals surface area contributed by atoms with E-state index in [4.69, 9.17) is 5.73 Å². The van der Waals surface area contributed by atoms with Gasteiger partial charge in [0, 0.05) is 25.6 Å². The van der Waals surface area contributed by atoms with E-state index >= 15 is 0 Å². The molecule has 0 unspecified atom stereocenters. The fraction of sp³-hybridized carbons (Fsp3) is 0.357. The molecule has 0 bridgehead atoms. The van der Waals surface area contributed by atoms with Crippen LogP contribution in [0.5, 0.6) is 0 Å². The summed E-state index contributed by atoms with van der Waals surface area (Å²) in [4.78, 5) is 11.5. The van der Waals surface area contributed by atoms with E-state index < -0.39 is 0 Å². The molecule has 3 aromatic rings. The molecular formula is C28H30N4O. The maximum absolute atomic E-state index is 9.96. The smallest absolute Gasteiger partial charge is 0.152 e. The van der Waals surface area contributed by atoms with Crippen molar-refractivity contribution in [2.75, 3.05) is 18.0 Å². The number of fused-ring (bicyclic) bond motifs is 1. The summed E-state index contributed by atoms with van der Waals surface area (Å²) < 4.78 is 0. The van der Waals surface area contributed by atoms with E-state index in [0.717, 1.165) is 51.0 Å². The van der Waals surface area contributed by atoms with Crippen LogP contribution in [-0.4, -0.2) is 28.2 Å². The third-order valence-electron chi connectivity index (χ3n) is 7.22. The number of aliphatic hydroxyl groups is 1. The molecule has 2 aliphatic rings. The predicted octanol–water partition coefficient (Wildman–Crippen LogP) is 3.80. The van der Waals surface area contributed by atoms with E-state index in [9.17, 15) is 5.11 Å². The number of hydrogen-bond acceptors (Lipinski definition) is 5. The Kier molecular flexibility index (Phi) is 6.13. The van der Waals surface area contributed by atoms with Gasteiger partial charge in [-0.1, -0.05) is 60.5 Å². The van der Waals surface area contributed by atoms with Crippen LogP contribution in [0.2, 0.25) is 0 Å². The number of nitrogens with two attached hydrogens (primary N) is 1. The van der Waals surface area contributed by atoms with Gasteiger partial charge in [0.1, 0.15) is 11.4 Å². The van der Waals surface area contributed by atoms with Crippen LogP contribution in [0.25, 0.3) is 0 Å². The molecule has 2 aromatic carbocycles. The Morgan fingerprint density at radius 1 is 1.06 bits per heavy atom. The number of aliphatic hydroxyl groups excluding tert-OH is 1. The molecule has 0 saturated carbocycles. The normalized spacial score (nSPS) is 18.6. The number of rotatable bonds is 4. The minimum absolute atomic E-state index is 0.0905. The van der Waals surface area contributed by atoms with E-state index in [-0.39, 0.29) is 18.1 Å². The van der Waals surface area contributed by atoms with Crippen LogP contribution in [0, 0.1) is 17.3 Å². The molecule has 5 nitrogen and oxygen atoms in total. The first kappa shape index (κ1) is 21.6. The molecular weight excluding hydrogens is 408 g/mol. The van der Waals surface area contributed by atoms with Gasteiger partial charge in [0.2, 0.25) is 0 Å². The van der Waals surface area contributed by atoms with E-state index in [0.29, 0.717) is 11.4 Å². The Bertz CT molecular complexity index is 1170. The lowest BCUT2D eigenvalue weighted by Crippen LogP contribution is -2.45. The van der Waals surface area contributed by atoms with Crippen LogP contribution in [0.1, 0.15) is 53.4 Å². The third-order valence-corrected chi connectivity index (χ3v) is 7.22. The zero-order valence-electron chi connectivity index (χ0n) is 18.9. The molecule has 1 aliphatic carbocycles. The molecule has 168 valence electrons. The maximum atomic E-state index is 9.96. The zero-order valence-corrected chi connectivity index (χ0v) is 18.9. The molecule has 0 amide bonds. The van der Waals surface area contributed by atoms with Gasteiger partial charge in [-0.15, -0.1) is 0 Å². The highest BCUT2D eigenvalue weighted by atomic mass is 16.3. The Labute approximate surface area is 195 Å². The molecule has 1 aromatic heterocycles. The first-order chi connectivity index (χ1) is 16.2. The van der Waals surface area contributed by atoms with Crippen molar-refractivity contribution in [2.45, 2.75) is 44.8 Å². The number of benzene rings is 2. The molecule has 1 fully saturated rings. The third kappa shape index (κ3) is 4.37. The predicted molar refractivity (Wildman–Crippen MR) is 131 cm³/mol. The van der Waals surface area contributed by atoms with Crippen LogP contribution in [0.4, 0.5) is 5.82 Å². The molecule has 1 saturated heterocycles. The Balaban J connectivity index is 1.24. The van der Waals surface area contributed by atoms with Crippen molar-refractivity contribution in [3.05, 3.63) is 88.9 Å². The average Bonchev–Trinajstić information content (AvgIpc) is 3.14. The number of hydrogen-bond donors (Lipinski definition) is 2. The lowest BCUT2D eigenvalue weighted by atomic mass is 9.73. The number of aryl methyl sites for hydroxylation is 1. The highest BCUT2D eigenvalue weighted by Gasteiger charge is 2.46. The Morgan fingerprint density at radius 2 is 1.82 bits per heavy atom. The SMILES string of the molecule is N[C@@H]1c2ccccc2CC12CCN(c1ncc(C#CCCc3ccccc3)nc1CO)CC2. The lowest BCUT2D eigenvalue weighted by molar-refractivity contribution is 0.186. The van der Waals surface area contributed by atoms with Gasteiger partial charge >= 0.3 is 0 Å². The number of anilines is 1. The summed E-state index contributed by atoms with van der Waals surface area (Å²) in [6.07, 6.45) is 6.47. The minimum Gasteiger partial charge on any atom is -0.390 e. The number of piperidine rings is 1. The highest BCUT2D eigenvalue weighted by molar-refractivity contribution is 5.47. The van der Waals surface area contributed by atoms with Crippen molar-refractivity contribution in [2.24, 2.45) is 11.1 Å². The van der Waals surface area contributed by atoms with Gasteiger partial charge in [-0.05, 0) is 53.7 Å². The van der Waals surface area contributed by atoms with Gasteiger partial charge in [-0.3, -0.25) is 0 Å². The molecule has 33 heavy (non-hydrogen) atoms. The molecule has 5 rings (SSSR count). The summed E-state index contributed by atoms with van der Waals surface area (Å²) in [7, 11) is 0. The molecule has 2 heterocycles. The van der Waals surface area contributed by atoms with E-state index in [1.54, 1.807) is 6.20 Å². The van der Waals surface area contributed by atoms with Crippen molar-refractivity contribution in [1.29, 1.82) is 0 Å². The van der Waals surface area contributed by atoms with Crippen LogP contribution < -0.4 is 10.6 Å². The first-order valence-electron chi connectivity index (χ1n) is 11.8. The van der Waals surface area contributed by atoms with Crippen molar-refractivity contribution in [3.8, 4) is 11.8 Å². The van der Waals surface area contributed by atoms with Gasteiger partial charge in [0.15, 0.2) is 5.82 Å². The van der Waals surface area contributed by atoms with Gasteiger partial charge in [0.05, 0.1) is 12.8 Å². The standard InChI is InChI=1S/C28H30N4O/c29-26-24-13-7-5-11-22(24)18-28(26)14-16-32(17-15-28)27-25(20-33)31-23(19-30-27)12-6-4-10-21-8-2-1-3-9-21/h1-3,5,7-9,11,13,19,26,33H,4,10,14-18,20,29H2/t26-/m1/s1. The Hall–Kier alpha value is -3.20. The van der Waals surface area contributed by atoms with Crippen LogP contribution in [0.3, 0.4) is 0 Å². The summed E-state index contributed by atoms with van der Waals surface area (Å²) in [5.41, 5.74) is 12.0. The second-order valence-corrected chi connectivity index (χ2v) is 9.17. The summed E-state index contributed by atoms with van der Waals surface area (Å²) >= 11 is 0. The van der Waals surface area contributed by atoms with Crippen LogP contribution in [-0.2, 0) is 19.4 Å². The van der Waals surface area contributed by atoms with Gasteiger partial charge in [-0.25, -0.2) is 9.97 Å². The minimum atomic E-state index is -0.144. The summed E-state index contributed by atoms with van der Waals surface area (Å²) in [6, 6.07) is 19.0. The molecule has 5 heteroatoms. The van der Waals surface area contributed by atoms with E-state index in [1.807, 2.05) is 18.2 Å². The van der Waals surface area contributed by atoms with Crippen molar-refractivity contribution < 1.29 is 5.11 Å². The quantitative estimate of drug-likeness (QED) is 0.606. The largest absolute Gasteiger partial charge is 0.390 e. The topological polar surface area (TPSA) is 75.3 Å². The molecule has 3 N–H and O–H groups in total. The Morgan fingerprint density at radius 3 is 2.58 bits per heavy atom. The van der Waals surface area contributed by atoms with Gasteiger partial charge < -0.3 is 15.7 Å². The van der Waals surface area contributed by atoms with E-state index in [2.05, 4.69) is 63.1 Å². The fourth-order valence-electron chi connectivity index (χ4n) is 5.33. The number of nitrogens with zero attached hydrogens (tertiary/aromatic N) is 3. The highest BCUT2D eigenvalue weighted by Crippen LogP contribution is 2.50. The molecule has 0 radical (unpaired) electrons. The molecule has 1 atom stereocenters. The fourth-order valence-corrected chi connectivity index (χ4v) is 5.33. The summed E-state index contributed by atoms with van der Waals surface area (Å²) in [5, 5.41) is 9.96. The van der Waals surface area contributed by atoms with Crippen molar-refractivity contribution in [1.82, 2.24) is 9.97 Å². The van der Waals surface area contributed by atoms with Gasteiger partial charge in [0.25, 0.3) is 0 Å². The zero-order chi connectivity index (χ0) is 22.7. The van der Waals surface area contributed by atoms with Crippen LogP contribution in [0.15, 0.2) is 60.8 Å². The number of aromatic nitrogens is 2. The second-order valence-electron chi connectivity index (χ2n) is 9.17. The summed E-state index contributed by atoms with van der Waals surface area (Å²) in [6.45, 7) is 1.59. The summed E-state index contributed by atoms with van der Waals surface area (Å²) in [5.74, 6) is 7.06. The first-order valence-corrected chi connectivity index (χ1v) is 11.8. The van der Waals surface area contributed by atoms with Gasteiger partial charge in [-0.2, -0.15) is 0 Å². The molecule has 1 spiro atoms. The van der Waals surface area contributed by atoms with E-state index in [1.165, 1.54) is 16.7 Å². The average molecular weight is 439 g/mol. The van der Waals surface area contributed by atoms with Crippen LogP contribution >= 0.6 is 0 Å². The second kappa shape index (κ2) is 9.35. The monoisotopic (exact) mass is 438 g/mol. The molecule has 1 aliphatic heterocycles. The maximum Gasteiger partial charge on any atom is 0.152 e. The van der Waals surface area contributed by atoms with Crippen molar-refractivity contribution >= 4 is 5.82 Å².